The zero-order valence-corrected chi connectivity index (χ0v) is 9.87. The fraction of sp³-hybridized carbons (Fsp3) is 1.00. The predicted octanol–water partition coefficient (Wildman–Crippen LogP) is 1.24. The zero-order valence-electron chi connectivity index (χ0n) is 9.87. The Hall–Kier alpha value is -0.120. The summed E-state index contributed by atoms with van der Waals surface area (Å²) in [6.45, 7) is 7.67. The second-order valence-electron chi connectivity index (χ2n) is 4.73. The van der Waals surface area contributed by atoms with Gasteiger partial charge in [-0.3, -0.25) is 4.90 Å². The normalized spacial score (nSPS) is 27.2. The van der Waals surface area contributed by atoms with Crippen molar-refractivity contribution in [3.63, 3.8) is 0 Å². The van der Waals surface area contributed by atoms with Crippen molar-refractivity contribution in [2.45, 2.75) is 44.7 Å². The molecule has 2 rings (SSSR count). The van der Waals surface area contributed by atoms with Crippen molar-refractivity contribution in [2.24, 2.45) is 0 Å². The fourth-order valence-corrected chi connectivity index (χ4v) is 2.35. The van der Waals surface area contributed by atoms with E-state index in [0.717, 1.165) is 25.8 Å². The first-order valence-electron chi connectivity index (χ1n) is 6.45. The van der Waals surface area contributed by atoms with Gasteiger partial charge < -0.3 is 10.1 Å². The molecule has 0 amide bonds. The van der Waals surface area contributed by atoms with E-state index in [1.165, 1.54) is 38.8 Å². The van der Waals surface area contributed by atoms with E-state index in [1.807, 2.05) is 0 Å². The van der Waals surface area contributed by atoms with Gasteiger partial charge >= 0.3 is 0 Å². The molecule has 1 saturated carbocycles. The maximum absolute atomic E-state index is 5.45. The highest BCUT2D eigenvalue weighted by molar-refractivity contribution is 4.84. The first-order chi connectivity index (χ1) is 7.40. The Morgan fingerprint density at radius 2 is 2.20 bits per heavy atom. The molecule has 1 atom stereocenters. The lowest BCUT2D eigenvalue weighted by atomic mass is 10.1. The second kappa shape index (κ2) is 5.83. The smallest absolute Gasteiger partial charge is 0.0619 e. The molecule has 2 aliphatic rings. The summed E-state index contributed by atoms with van der Waals surface area (Å²) >= 11 is 0. The van der Waals surface area contributed by atoms with E-state index in [2.05, 4.69) is 17.1 Å². The summed E-state index contributed by atoms with van der Waals surface area (Å²) in [5.74, 6) is 0. The lowest BCUT2D eigenvalue weighted by Gasteiger charge is -2.25. The van der Waals surface area contributed by atoms with Crippen molar-refractivity contribution in [1.29, 1.82) is 0 Å². The Balaban J connectivity index is 1.56. The molecule has 15 heavy (non-hydrogen) atoms. The number of nitrogens with zero attached hydrogens (tertiary/aromatic N) is 1. The van der Waals surface area contributed by atoms with E-state index in [0.29, 0.717) is 6.04 Å². The summed E-state index contributed by atoms with van der Waals surface area (Å²) in [6, 6.07) is 1.51. The molecule has 2 fully saturated rings. The van der Waals surface area contributed by atoms with Crippen LogP contribution in [0.15, 0.2) is 0 Å². The molecule has 0 radical (unpaired) electrons. The van der Waals surface area contributed by atoms with Crippen molar-refractivity contribution in [1.82, 2.24) is 10.2 Å². The first kappa shape index (κ1) is 11.4. The predicted molar refractivity (Wildman–Crippen MR) is 62.1 cm³/mol. The molecule has 0 aromatic heterocycles. The first-order valence-corrected chi connectivity index (χ1v) is 6.45. The van der Waals surface area contributed by atoms with Crippen LogP contribution < -0.4 is 5.32 Å². The van der Waals surface area contributed by atoms with Crippen LogP contribution in [0.3, 0.4) is 0 Å². The van der Waals surface area contributed by atoms with E-state index in [1.54, 1.807) is 0 Å². The Labute approximate surface area is 93.2 Å². The topological polar surface area (TPSA) is 24.5 Å². The Kier molecular flexibility index (Phi) is 4.42. The summed E-state index contributed by atoms with van der Waals surface area (Å²) in [5.41, 5.74) is 0. The molecule has 0 aromatic rings. The van der Waals surface area contributed by atoms with Gasteiger partial charge in [0, 0.05) is 31.8 Å². The van der Waals surface area contributed by atoms with Crippen molar-refractivity contribution >= 4 is 0 Å². The summed E-state index contributed by atoms with van der Waals surface area (Å²) in [7, 11) is 0. The second-order valence-corrected chi connectivity index (χ2v) is 4.73. The highest BCUT2D eigenvalue weighted by atomic mass is 16.5. The van der Waals surface area contributed by atoms with Crippen LogP contribution in [0, 0.1) is 0 Å². The maximum Gasteiger partial charge on any atom is 0.0619 e. The molecule has 3 nitrogen and oxygen atoms in total. The van der Waals surface area contributed by atoms with Crippen LogP contribution in [-0.2, 0) is 4.74 Å². The Bertz CT molecular complexity index is 176. The maximum atomic E-state index is 5.45. The molecule has 1 heterocycles. The quantitative estimate of drug-likeness (QED) is 0.717. The molecule has 1 aliphatic heterocycles. The Morgan fingerprint density at radius 3 is 2.80 bits per heavy atom. The standard InChI is InChI=1S/C12H24N2O/c1-2-14(12-5-6-12)8-7-13-11-4-3-9-15-10-11/h11-13H,2-10H2,1H3. The number of hydrogen-bond acceptors (Lipinski definition) is 3. The molecule has 1 unspecified atom stereocenters. The van der Waals surface area contributed by atoms with Gasteiger partial charge in [-0.15, -0.1) is 0 Å². The average molecular weight is 212 g/mol. The lowest BCUT2D eigenvalue weighted by Crippen LogP contribution is -2.41. The number of likely N-dealkylation sites (N-methyl/N-ethyl adjacent to an activating group) is 1. The van der Waals surface area contributed by atoms with Crippen molar-refractivity contribution in [2.75, 3.05) is 32.8 Å². The minimum Gasteiger partial charge on any atom is -0.380 e. The third-order valence-electron chi connectivity index (χ3n) is 3.46. The van der Waals surface area contributed by atoms with Crippen molar-refractivity contribution in [3.05, 3.63) is 0 Å². The largest absolute Gasteiger partial charge is 0.380 e. The van der Waals surface area contributed by atoms with E-state index < -0.39 is 0 Å². The van der Waals surface area contributed by atoms with Crippen molar-refractivity contribution in [3.8, 4) is 0 Å². The van der Waals surface area contributed by atoms with Crippen LogP contribution in [0.2, 0.25) is 0 Å². The lowest BCUT2D eigenvalue weighted by molar-refractivity contribution is 0.0694. The zero-order chi connectivity index (χ0) is 10.5. The molecule has 0 spiro atoms. The van der Waals surface area contributed by atoms with E-state index >= 15 is 0 Å². The van der Waals surface area contributed by atoms with E-state index in [4.69, 9.17) is 4.74 Å². The van der Waals surface area contributed by atoms with Crippen LogP contribution >= 0.6 is 0 Å². The highest BCUT2D eigenvalue weighted by Crippen LogP contribution is 2.25. The average Bonchev–Trinajstić information content (AvgIpc) is 3.10. The van der Waals surface area contributed by atoms with E-state index in [9.17, 15) is 0 Å². The number of ether oxygens (including phenoxy) is 1. The Morgan fingerprint density at radius 1 is 1.33 bits per heavy atom. The summed E-state index contributed by atoms with van der Waals surface area (Å²) < 4.78 is 5.45. The van der Waals surface area contributed by atoms with Gasteiger partial charge in [-0.2, -0.15) is 0 Å². The molecule has 0 aromatic carbocycles. The van der Waals surface area contributed by atoms with Crippen LogP contribution in [0.25, 0.3) is 0 Å². The molecular formula is C12H24N2O. The van der Waals surface area contributed by atoms with Crippen molar-refractivity contribution < 1.29 is 4.74 Å². The molecule has 0 bridgehead atoms. The van der Waals surface area contributed by atoms with Gasteiger partial charge in [-0.25, -0.2) is 0 Å². The SMILES string of the molecule is CCN(CCNC1CCCOC1)C1CC1. The molecule has 88 valence electrons. The highest BCUT2D eigenvalue weighted by Gasteiger charge is 2.27. The number of rotatable bonds is 6. The van der Waals surface area contributed by atoms with Gasteiger partial charge in [0.15, 0.2) is 0 Å². The summed E-state index contributed by atoms with van der Waals surface area (Å²) in [4.78, 5) is 2.59. The molecule has 1 saturated heterocycles. The van der Waals surface area contributed by atoms with Gasteiger partial charge in [-0.1, -0.05) is 6.92 Å². The van der Waals surface area contributed by atoms with Gasteiger partial charge in [0.1, 0.15) is 0 Å². The van der Waals surface area contributed by atoms with E-state index in [-0.39, 0.29) is 0 Å². The molecular weight excluding hydrogens is 188 g/mol. The van der Waals surface area contributed by atoms with Gasteiger partial charge in [0.05, 0.1) is 6.61 Å². The van der Waals surface area contributed by atoms with Gasteiger partial charge in [0.25, 0.3) is 0 Å². The number of hydrogen-bond donors (Lipinski definition) is 1. The minimum atomic E-state index is 0.608. The van der Waals surface area contributed by atoms with Gasteiger partial charge in [0.2, 0.25) is 0 Å². The van der Waals surface area contributed by atoms with Gasteiger partial charge in [-0.05, 0) is 32.2 Å². The third-order valence-corrected chi connectivity index (χ3v) is 3.46. The third kappa shape index (κ3) is 3.74. The molecule has 1 aliphatic carbocycles. The molecule has 3 heteroatoms. The van der Waals surface area contributed by atoms with Crippen LogP contribution in [0.5, 0.6) is 0 Å². The minimum absolute atomic E-state index is 0.608. The monoisotopic (exact) mass is 212 g/mol. The van der Waals surface area contributed by atoms with Crippen LogP contribution in [0.4, 0.5) is 0 Å². The number of nitrogens with one attached hydrogen (secondary N) is 1. The summed E-state index contributed by atoms with van der Waals surface area (Å²) in [6.07, 6.45) is 5.34. The fourth-order valence-electron chi connectivity index (χ4n) is 2.35. The van der Waals surface area contributed by atoms with Crippen LogP contribution in [-0.4, -0.2) is 49.8 Å². The molecule has 1 N–H and O–H groups in total. The summed E-state index contributed by atoms with van der Waals surface area (Å²) in [5, 5.41) is 3.60. The van der Waals surface area contributed by atoms with Crippen LogP contribution in [0.1, 0.15) is 32.6 Å².